The van der Waals surface area contributed by atoms with E-state index in [1.807, 2.05) is 12.1 Å². The lowest BCUT2D eigenvalue weighted by molar-refractivity contribution is 0.248. The van der Waals surface area contributed by atoms with Crippen molar-refractivity contribution in [3.8, 4) is 17.2 Å². The molecule has 2 N–H and O–H groups in total. The fourth-order valence-corrected chi connectivity index (χ4v) is 2.96. The van der Waals surface area contributed by atoms with Gasteiger partial charge in [0, 0.05) is 16.7 Å². The highest BCUT2D eigenvalue weighted by Crippen LogP contribution is 2.49. The number of nitrogens with one attached hydrogen (secondary N) is 2. The molecule has 0 aliphatic carbocycles. The van der Waals surface area contributed by atoms with Crippen LogP contribution >= 0.6 is 11.6 Å². The van der Waals surface area contributed by atoms with Crippen LogP contribution in [0, 0.1) is 0 Å². The molecule has 0 saturated heterocycles. The number of rotatable bonds is 4. The van der Waals surface area contributed by atoms with Crippen LogP contribution in [0.2, 0.25) is 5.02 Å². The van der Waals surface area contributed by atoms with E-state index in [-0.39, 0.29) is 6.03 Å². The van der Waals surface area contributed by atoms with Gasteiger partial charge in [-0.25, -0.2) is 4.79 Å². The summed E-state index contributed by atoms with van der Waals surface area (Å²) in [6.45, 7) is 0. The first-order valence-corrected chi connectivity index (χ1v) is 7.62. The molecule has 0 aromatic heterocycles. The van der Waals surface area contributed by atoms with Crippen molar-refractivity contribution in [1.29, 1.82) is 0 Å². The van der Waals surface area contributed by atoms with Crippen LogP contribution in [0.3, 0.4) is 0 Å². The molecule has 24 heavy (non-hydrogen) atoms. The van der Waals surface area contributed by atoms with Crippen LogP contribution in [0.25, 0.3) is 0 Å². The molecule has 1 aliphatic heterocycles. The van der Waals surface area contributed by atoms with Crippen molar-refractivity contribution in [3.05, 3.63) is 46.5 Å². The third kappa shape index (κ3) is 2.69. The second-order valence-electron chi connectivity index (χ2n) is 5.19. The van der Waals surface area contributed by atoms with Gasteiger partial charge in [-0.1, -0.05) is 23.7 Å². The lowest BCUT2D eigenvalue weighted by Gasteiger charge is -2.30. The van der Waals surface area contributed by atoms with Crippen molar-refractivity contribution < 1.29 is 19.0 Å². The summed E-state index contributed by atoms with van der Waals surface area (Å²) in [4.78, 5) is 12.1. The van der Waals surface area contributed by atoms with Gasteiger partial charge in [-0.15, -0.1) is 0 Å². The molecule has 1 aliphatic rings. The summed E-state index contributed by atoms with van der Waals surface area (Å²) in [6, 6.07) is 8.28. The van der Waals surface area contributed by atoms with E-state index in [0.29, 0.717) is 28.0 Å². The molecule has 3 rings (SSSR count). The molecule has 126 valence electrons. The fraction of sp³-hybridized carbons (Fsp3) is 0.235. The molecule has 1 heterocycles. The van der Waals surface area contributed by atoms with Crippen LogP contribution in [0.1, 0.15) is 17.2 Å². The topological polar surface area (TPSA) is 68.8 Å². The summed E-state index contributed by atoms with van der Waals surface area (Å²) in [6.07, 6.45) is 0. The Balaban J connectivity index is 2.23. The van der Waals surface area contributed by atoms with Gasteiger partial charge in [-0.05, 0) is 17.7 Å². The predicted molar refractivity (Wildman–Crippen MR) is 91.5 cm³/mol. The number of benzene rings is 2. The summed E-state index contributed by atoms with van der Waals surface area (Å²) in [5.41, 5.74) is 2.24. The predicted octanol–water partition coefficient (Wildman–Crippen LogP) is 3.59. The maximum atomic E-state index is 12.1. The second kappa shape index (κ2) is 6.49. The van der Waals surface area contributed by atoms with Gasteiger partial charge >= 0.3 is 6.03 Å². The van der Waals surface area contributed by atoms with Gasteiger partial charge < -0.3 is 24.8 Å². The Hall–Kier alpha value is -2.60. The van der Waals surface area contributed by atoms with E-state index in [0.717, 1.165) is 11.1 Å². The van der Waals surface area contributed by atoms with Gasteiger partial charge in [0.1, 0.15) is 0 Å². The van der Waals surface area contributed by atoms with Gasteiger partial charge in [0.15, 0.2) is 11.5 Å². The number of hydrogen-bond acceptors (Lipinski definition) is 4. The van der Waals surface area contributed by atoms with Gasteiger partial charge in [0.05, 0.1) is 33.1 Å². The number of carbonyl (C=O) groups excluding carboxylic acids is 1. The molecule has 6 nitrogen and oxygen atoms in total. The zero-order valence-electron chi connectivity index (χ0n) is 13.5. The summed E-state index contributed by atoms with van der Waals surface area (Å²) < 4.78 is 16.4. The van der Waals surface area contributed by atoms with Gasteiger partial charge in [-0.2, -0.15) is 0 Å². The minimum atomic E-state index is -0.402. The van der Waals surface area contributed by atoms with E-state index >= 15 is 0 Å². The van der Waals surface area contributed by atoms with Crippen molar-refractivity contribution in [3.63, 3.8) is 0 Å². The Kier molecular flexibility index (Phi) is 4.40. The Bertz CT molecular complexity index is 777. The van der Waals surface area contributed by atoms with Crippen LogP contribution in [0.5, 0.6) is 17.2 Å². The zero-order valence-corrected chi connectivity index (χ0v) is 14.2. The van der Waals surface area contributed by atoms with Crippen LogP contribution in [0.4, 0.5) is 10.5 Å². The van der Waals surface area contributed by atoms with Crippen LogP contribution < -0.4 is 24.8 Å². The number of methoxy groups -OCH3 is 3. The summed E-state index contributed by atoms with van der Waals surface area (Å²) >= 11 is 5.96. The number of carbonyl (C=O) groups is 1. The number of anilines is 1. The van der Waals surface area contributed by atoms with Crippen LogP contribution in [-0.4, -0.2) is 27.4 Å². The largest absolute Gasteiger partial charge is 0.493 e. The summed E-state index contributed by atoms with van der Waals surface area (Å²) in [7, 11) is 4.62. The van der Waals surface area contributed by atoms with Crippen LogP contribution in [-0.2, 0) is 0 Å². The maximum absolute atomic E-state index is 12.1. The molecule has 0 bridgehead atoms. The Morgan fingerprint density at radius 3 is 2.25 bits per heavy atom. The highest BCUT2D eigenvalue weighted by Gasteiger charge is 2.32. The van der Waals surface area contributed by atoms with Crippen molar-refractivity contribution in [2.75, 3.05) is 26.6 Å². The third-order valence-corrected chi connectivity index (χ3v) is 4.14. The van der Waals surface area contributed by atoms with Gasteiger partial charge in [-0.3, -0.25) is 0 Å². The Labute approximate surface area is 144 Å². The molecule has 2 aromatic carbocycles. The Morgan fingerprint density at radius 1 is 1.00 bits per heavy atom. The molecule has 1 unspecified atom stereocenters. The molecular weight excluding hydrogens is 332 g/mol. The van der Waals surface area contributed by atoms with E-state index < -0.39 is 6.04 Å². The quantitative estimate of drug-likeness (QED) is 0.886. The Morgan fingerprint density at radius 2 is 1.67 bits per heavy atom. The molecule has 2 aromatic rings. The smallest absolute Gasteiger partial charge is 0.320 e. The van der Waals surface area contributed by atoms with Crippen molar-refractivity contribution in [2.24, 2.45) is 0 Å². The monoisotopic (exact) mass is 348 g/mol. The average molecular weight is 349 g/mol. The molecule has 0 radical (unpaired) electrons. The molecule has 0 spiro atoms. The van der Waals surface area contributed by atoms with E-state index in [2.05, 4.69) is 10.6 Å². The lowest BCUT2D eigenvalue weighted by Crippen LogP contribution is -2.38. The van der Waals surface area contributed by atoms with Crippen molar-refractivity contribution in [2.45, 2.75) is 6.04 Å². The normalized spacial score (nSPS) is 15.8. The standard InChI is InChI=1S/C17H17ClN2O4/c1-22-12-8-11-13(16(24-3)15(12)23-2)14(20-17(21)19-11)9-4-6-10(18)7-5-9/h4-8,14H,1-3H3,(H2,19,20,21). The summed E-state index contributed by atoms with van der Waals surface area (Å²) in [5, 5.41) is 6.31. The van der Waals surface area contributed by atoms with E-state index in [1.54, 1.807) is 32.4 Å². The first-order valence-electron chi connectivity index (χ1n) is 7.24. The minimum Gasteiger partial charge on any atom is -0.493 e. The minimum absolute atomic E-state index is 0.309. The first kappa shape index (κ1) is 16.3. The fourth-order valence-electron chi connectivity index (χ4n) is 2.84. The number of amides is 2. The lowest BCUT2D eigenvalue weighted by atomic mass is 9.94. The molecular formula is C17H17ClN2O4. The molecule has 0 fully saturated rings. The van der Waals surface area contributed by atoms with Crippen molar-refractivity contribution >= 4 is 23.3 Å². The zero-order chi connectivity index (χ0) is 17.3. The number of halogens is 1. The number of ether oxygens (including phenoxy) is 3. The van der Waals surface area contributed by atoms with Crippen molar-refractivity contribution in [1.82, 2.24) is 5.32 Å². The number of fused-ring (bicyclic) bond motifs is 1. The highest BCUT2D eigenvalue weighted by molar-refractivity contribution is 6.30. The van der Waals surface area contributed by atoms with Crippen LogP contribution in [0.15, 0.2) is 30.3 Å². The van der Waals surface area contributed by atoms with E-state index in [9.17, 15) is 4.79 Å². The first-order chi connectivity index (χ1) is 11.6. The second-order valence-corrected chi connectivity index (χ2v) is 5.63. The van der Waals surface area contributed by atoms with E-state index in [1.165, 1.54) is 7.11 Å². The highest BCUT2D eigenvalue weighted by atomic mass is 35.5. The van der Waals surface area contributed by atoms with E-state index in [4.69, 9.17) is 25.8 Å². The molecule has 7 heteroatoms. The summed E-state index contributed by atoms with van der Waals surface area (Å²) in [5.74, 6) is 1.44. The maximum Gasteiger partial charge on any atom is 0.320 e. The van der Waals surface area contributed by atoms with Gasteiger partial charge in [0.25, 0.3) is 0 Å². The molecule has 2 amide bonds. The number of hydrogen-bond donors (Lipinski definition) is 2. The van der Waals surface area contributed by atoms with Gasteiger partial charge in [0.2, 0.25) is 5.75 Å². The third-order valence-electron chi connectivity index (χ3n) is 3.88. The number of urea groups is 1. The molecule has 0 saturated carbocycles. The SMILES string of the molecule is COc1cc2c(c(OC)c1OC)C(c1ccc(Cl)cc1)NC(=O)N2. The molecule has 1 atom stereocenters. The average Bonchev–Trinajstić information content (AvgIpc) is 2.59.